The zero-order chi connectivity index (χ0) is 26.0. The van der Waals surface area contributed by atoms with Crippen LogP contribution in [0.1, 0.15) is 65.5 Å². The predicted molar refractivity (Wildman–Crippen MR) is 130 cm³/mol. The number of carboxylic acid groups (broad SMARTS) is 1. The average molecular weight is 488 g/mol. The Morgan fingerprint density at radius 2 is 1.83 bits per heavy atom. The molecule has 0 radical (unpaired) electrons. The highest BCUT2D eigenvalue weighted by Gasteiger charge is 2.57. The van der Waals surface area contributed by atoms with Crippen molar-refractivity contribution in [2.45, 2.75) is 71.1 Å². The lowest BCUT2D eigenvalue weighted by atomic mass is 9.82. The third-order valence-corrected chi connectivity index (χ3v) is 6.65. The van der Waals surface area contributed by atoms with Crippen LogP contribution >= 0.6 is 0 Å². The molecule has 2 fully saturated rings. The van der Waals surface area contributed by atoms with Crippen LogP contribution in [0.5, 0.6) is 0 Å². The number of piperidine rings is 1. The molecular weight excluding hydrogens is 450 g/mol. The zero-order valence-electron chi connectivity index (χ0n) is 21.2. The lowest BCUT2D eigenvalue weighted by Crippen LogP contribution is -2.57. The molecule has 2 aliphatic heterocycles. The van der Waals surface area contributed by atoms with Gasteiger partial charge in [-0.1, -0.05) is 44.2 Å². The first-order chi connectivity index (χ1) is 16.2. The van der Waals surface area contributed by atoms with E-state index < -0.39 is 47.5 Å². The summed E-state index contributed by atoms with van der Waals surface area (Å²) in [5.41, 5.74) is -2.07. The van der Waals surface area contributed by atoms with Gasteiger partial charge in [-0.3, -0.25) is 14.9 Å². The Labute approximate surface area is 206 Å². The smallest absolute Gasteiger partial charge is 0.408 e. The molecule has 0 saturated carbocycles. The van der Waals surface area contributed by atoms with Crippen LogP contribution in [0.2, 0.25) is 0 Å². The van der Waals surface area contributed by atoms with Gasteiger partial charge in [0.2, 0.25) is 5.91 Å². The third kappa shape index (κ3) is 6.20. The summed E-state index contributed by atoms with van der Waals surface area (Å²) in [4.78, 5) is 53.4. The average Bonchev–Trinajstić information content (AvgIpc) is 3.18. The molecule has 192 valence electrons. The summed E-state index contributed by atoms with van der Waals surface area (Å²) < 4.78 is 5.16. The molecule has 2 saturated heterocycles. The number of carbonyl (C=O) groups excluding carboxylic acids is 3. The van der Waals surface area contributed by atoms with Crippen molar-refractivity contribution in [1.29, 1.82) is 0 Å². The number of aliphatic carboxylic acids is 1. The van der Waals surface area contributed by atoms with Crippen LogP contribution in [0.15, 0.2) is 30.3 Å². The van der Waals surface area contributed by atoms with Crippen LogP contribution in [-0.4, -0.2) is 64.5 Å². The second kappa shape index (κ2) is 9.97. The van der Waals surface area contributed by atoms with E-state index in [4.69, 9.17) is 4.74 Å². The molecule has 2 aliphatic rings. The maximum atomic E-state index is 13.7. The lowest BCUT2D eigenvalue weighted by Gasteiger charge is -2.39. The Morgan fingerprint density at radius 3 is 2.40 bits per heavy atom. The van der Waals surface area contributed by atoms with E-state index in [2.05, 4.69) is 24.5 Å². The normalized spacial score (nSPS) is 26.1. The van der Waals surface area contributed by atoms with Gasteiger partial charge >= 0.3 is 12.1 Å². The zero-order valence-corrected chi connectivity index (χ0v) is 21.2. The number of carboxylic acids is 1. The van der Waals surface area contributed by atoms with Crippen molar-refractivity contribution < 1.29 is 29.0 Å². The molecule has 3 atom stereocenters. The Bertz CT molecular complexity index is 971. The number of alkyl carbamates (subject to hydrolysis) is 1. The van der Waals surface area contributed by atoms with Crippen LogP contribution in [-0.2, 0) is 19.1 Å². The molecule has 0 spiro atoms. The van der Waals surface area contributed by atoms with Gasteiger partial charge in [0.05, 0.1) is 12.5 Å². The Hall–Kier alpha value is -2.94. The van der Waals surface area contributed by atoms with Crippen LogP contribution in [0.25, 0.3) is 0 Å². The number of nitrogens with one attached hydrogen (secondary N) is 2. The molecule has 3 rings (SSSR count). The van der Waals surface area contributed by atoms with Gasteiger partial charge in [-0.25, -0.2) is 9.59 Å². The van der Waals surface area contributed by atoms with Gasteiger partial charge in [-0.2, -0.15) is 0 Å². The first kappa shape index (κ1) is 26.7. The summed E-state index contributed by atoms with van der Waals surface area (Å²) in [6, 6.07) is 8.45. The van der Waals surface area contributed by atoms with Gasteiger partial charge in [0.25, 0.3) is 0 Å². The predicted octanol–water partition coefficient (Wildman–Crippen LogP) is 2.90. The SMILES string of the molecule is CC1(C)CCCN(C(=O)C2CC(C(=O)O)(C(=O)CNC(=O)OC(C)(C)C)NC2c2ccccc2)C1. The summed E-state index contributed by atoms with van der Waals surface area (Å²) in [6.45, 7) is 9.94. The van der Waals surface area contributed by atoms with Gasteiger partial charge in [0, 0.05) is 19.1 Å². The first-order valence-electron chi connectivity index (χ1n) is 12.1. The van der Waals surface area contributed by atoms with Crippen molar-refractivity contribution in [2.75, 3.05) is 19.6 Å². The van der Waals surface area contributed by atoms with E-state index in [9.17, 15) is 24.3 Å². The fourth-order valence-electron chi connectivity index (χ4n) is 5.00. The monoisotopic (exact) mass is 487 g/mol. The molecule has 1 aromatic rings. The molecule has 2 amide bonds. The van der Waals surface area contributed by atoms with Crippen LogP contribution in [0.4, 0.5) is 4.79 Å². The summed E-state index contributed by atoms with van der Waals surface area (Å²) in [7, 11) is 0. The lowest BCUT2D eigenvalue weighted by molar-refractivity contribution is -0.149. The van der Waals surface area contributed by atoms with Crippen LogP contribution < -0.4 is 10.6 Å². The van der Waals surface area contributed by atoms with Crippen molar-refractivity contribution in [1.82, 2.24) is 15.5 Å². The van der Waals surface area contributed by atoms with E-state index in [0.29, 0.717) is 13.1 Å². The number of carbonyl (C=O) groups is 4. The van der Waals surface area contributed by atoms with E-state index in [1.165, 1.54) is 0 Å². The number of hydrogen-bond donors (Lipinski definition) is 3. The van der Waals surface area contributed by atoms with E-state index >= 15 is 0 Å². The van der Waals surface area contributed by atoms with Crippen molar-refractivity contribution >= 4 is 23.8 Å². The van der Waals surface area contributed by atoms with E-state index in [1.807, 2.05) is 30.3 Å². The number of hydrogen-bond acceptors (Lipinski definition) is 6. The van der Waals surface area contributed by atoms with Crippen molar-refractivity contribution in [3.8, 4) is 0 Å². The molecule has 3 N–H and O–H groups in total. The molecule has 35 heavy (non-hydrogen) atoms. The van der Waals surface area contributed by atoms with Crippen molar-refractivity contribution in [3.05, 3.63) is 35.9 Å². The molecule has 0 aromatic heterocycles. The maximum absolute atomic E-state index is 13.7. The van der Waals surface area contributed by atoms with Crippen LogP contribution in [0, 0.1) is 11.3 Å². The largest absolute Gasteiger partial charge is 0.480 e. The van der Waals surface area contributed by atoms with Crippen LogP contribution in [0.3, 0.4) is 0 Å². The molecule has 1 aromatic carbocycles. The molecule has 2 heterocycles. The number of ketones is 1. The Morgan fingerprint density at radius 1 is 1.17 bits per heavy atom. The van der Waals surface area contributed by atoms with Gasteiger partial charge < -0.3 is 20.1 Å². The number of nitrogens with zero attached hydrogens (tertiary/aromatic N) is 1. The standard InChI is InChI=1S/C26H37N3O6/c1-24(2,3)35-23(34)27-15-19(30)26(22(32)33)14-18(20(28-26)17-10-7-6-8-11-17)21(31)29-13-9-12-25(4,5)16-29/h6-8,10-11,18,20,28H,9,12-16H2,1-5H3,(H,27,34)(H,32,33). The molecule has 0 aliphatic carbocycles. The number of benzene rings is 1. The third-order valence-electron chi connectivity index (χ3n) is 6.65. The minimum atomic E-state index is -2.01. The Kier molecular flexibility index (Phi) is 7.59. The molecule has 0 bridgehead atoms. The molecule has 9 heteroatoms. The second-order valence-corrected chi connectivity index (χ2v) is 11.4. The summed E-state index contributed by atoms with van der Waals surface area (Å²) >= 11 is 0. The number of likely N-dealkylation sites (tertiary alicyclic amines) is 1. The van der Waals surface area contributed by atoms with Crippen molar-refractivity contribution in [2.24, 2.45) is 11.3 Å². The maximum Gasteiger partial charge on any atom is 0.408 e. The van der Waals surface area contributed by atoms with Crippen molar-refractivity contribution in [3.63, 3.8) is 0 Å². The van der Waals surface area contributed by atoms with Gasteiger partial charge in [0.1, 0.15) is 5.60 Å². The highest BCUT2D eigenvalue weighted by Crippen LogP contribution is 2.41. The topological polar surface area (TPSA) is 125 Å². The van der Waals surface area contributed by atoms with Gasteiger partial charge in [0.15, 0.2) is 11.3 Å². The van der Waals surface area contributed by atoms with E-state index in [1.54, 1.807) is 25.7 Å². The Balaban J connectivity index is 1.87. The second-order valence-electron chi connectivity index (χ2n) is 11.4. The first-order valence-corrected chi connectivity index (χ1v) is 12.1. The fraction of sp³-hybridized carbons (Fsp3) is 0.615. The molecular formula is C26H37N3O6. The number of amides is 2. The highest BCUT2D eigenvalue weighted by atomic mass is 16.6. The summed E-state index contributed by atoms with van der Waals surface area (Å²) in [6.07, 6.45) is 0.868. The fourth-order valence-corrected chi connectivity index (χ4v) is 5.00. The molecule has 3 unspecified atom stereocenters. The minimum Gasteiger partial charge on any atom is -0.480 e. The van der Waals surface area contributed by atoms with Gasteiger partial charge in [-0.15, -0.1) is 0 Å². The van der Waals surface area contributed by atoms with Gasteiger partial charge in [-0.05, 0) is 51.0 Å². The van der Waals surface area contributed by atoms with E-state index in [-0.39, 0.29) is 17.7 Å². The number of Topliss-reactive ketones (excluding diaryl/α,β-unsaturated/α-hetero) is 1. The quantitative estimate of drug-likeness (QED) is 0.527. The number of ether oxygens (including phenoxy) is 1. The van der Waals surface area contributed by atoms with E-state index in [0.717, 1.165) is 18.4 Å². The summed E-state index contributed by atoms with van der Waals surface area (Å²) in [5, 5.41) is 15.5. The molecule has 9 nitrogen and oxygen atoms in total. The summed E-state index contributed by atoms with van der Waals surface area (Å²) in [5.74, 6) is -3.00. The highest BCUT2D eigenvalue weighted by molar-refractivity contribution is 6.10. The number of rotatable bonds is 6. The minimum absolute atomic E-state index is 0.0285.